The molecule has 49 heavy (non-hydrogen) atoms. The maximum atomic E-state index is 11.1. The zero-order valence-corrected chi connectivity index (χ0v) is 28.1. The first-order valence-electron chi connectivity index (χ1n) is 16.0. The lowest BCUT2D eigenvalue weighted by molar-refractivity contribution is -0.143. The van der Waals surface area contributed by atoms with Crippen molar-refractivity contribution in [3.8, 4) is 0 Å². The normalized spacial score (nSPS) is 9.96. The van der Waals surface area contributed by atoms with Crippen LogP contribution in [0.15, 0.2) is 128 Å². The fourth-order valence-electron chi connectivity index (χ4n) is 4.22. The van der Waals surface area contributed by atoms with E-state index in [2.05, 4.69) is 29.0 Å². The Kier molecular flexibility index (Phi) is 21.2. The number of carbonyl (C=O) groups excluding carboxylic acids is 3. The summed E-state index contributed by atoms with van der Waals surface area (Å²) in [6.45, 7) is 5.13. The number of aliphatic hydroxyl groups is 1. The molecule has 4 aromatic rings. The second-order valence-corrected chi connectivity index (χ2v) is 10.2. The molecule has 0 atom stereocenters. The molecule has 9 nitrogen and oxygen atoms in total. The van der Waals surface area contributed by atoms with E-state index >= 15 is 0 Å². The monoisotopic (exact) mass is 670 g/mol. The maximum absolute atomic E-state index is 11.1. The number of benzene rings is 4. The summed E-state index contributed by atoms with van der Waals surface area (Å²) in [7, 11) is 0. The number of ether oxygens (including phenoxy) is 5. The Morgan fingerprint density at radius 3 is 1.35 bits per heavy atom. The molecule has 0 aliphatic heterocycles. The van der Waals surface area contributed by atoms with Crippen LogP contribution in [0.3, 0.4) is 0 Å². The van der Waals surface area contributed by atoms with Crippen LogP contribution >= 0.6 is 0 Å². The van der Waals surface area contributed by atoms with E-state index in [0.29, 0.717) is 33.0 Å². The third kappa shape index (κ3) is 18.1. The number of aliphatic hydroxyl groups excluding tert-OH is 1. The first-order valence-corrected chi connectivity index (χ1v) is 16.0. The second-order valence-electron chi connectivity index (χ2n) is 10.2. The Balaban J connectivity index is 0.000000284. The van der Waals surface area contributed by atoms with Crippen LogP contribution in [0.25, 0.3) is 5.57 Å². The Hall–Kier alpha value is -5.09. The molecule has 0 saturated carbocycles. The SMILES string of the molecule is CC(=O)OCCOCCO.CC(=O)OCCOCCOC=C(c1ccccc1)c1ccccc1.O=CC(c1ccccc1)c1ccccc1. The standard InChI is InChI=1S/C20H22O4.C14H12O.C6H12O4/c1-17(21)24-15-14-22-12-13-23-16-20(18-8-4-2-5-9-18)19-10-6-3-7-11-19;15-11-14(12-7-3-1-4-8-12)13-9-5-2-6-10-13;1-6(8)10-5-4-9-3-2-7/h2-11,16H,12-15H2,1H3;1-11,14H;7H,2-5H2,1H3. The molecule has 0 radical (unpaired) electrons. The lowest BCUT2D eigenvalue weighted by atomic mass is 9.93. The van der Waals surface area contributed by atoms with Crippen LogP contribution in [0.4, 0.5) is 0 Å². The molecule has 0 amide bonds. The van der Waals surface area contributed by atoms with E-state index in [1.54, 1.807) is 6.26 Å². The molecule has 9 heteroatoms. The zero-order chi connectivity index (χ0) is 35.4. The minimum Gasteiger partial charge on any atom is -0.498 e. The minimum atomic E-state index is -0.312. The predicted octanol–water partition coefficient (Wildman–Crippen LogP) is 6.25. The van der Waals surface area contributed by atoms with Gasteiger partial charge in [0, 0.05) is 19.4 Å². The van der Waals surface area contributed by atoms with E-state index in [4.69, 9.17) is 24.1 Å². The van der Waals surface area contributed by atoms with Gasteiger partial charge in [-0.1, -0.05) is 121 Å². The van der Waals surface area contributed by atoms with Gasteiger partial charge >= 0.3 is 11.9 Å². The van der Waals surface area contributed by atoms with Crippen LogP contribution in [-0.2, 0) is 38.1 Å². The molecular weight excluding hydrogens is 624 g/mol. The fraction of sp³-hybridized carbons (Fsp3) is 0.275. The molecule has 0 unspecified atom stereocenters. The van der Waals surface area contributed by atoms with Gasteiger partial charge in [-0.25, -0.2) is 0 Å². The van der Waals surface area contributed by atoms with E-state index in [9.17, 15) is 14.4 Å². The number of carbonyl (C=O) groups is 3. The highest BCUT2D eigenvalue weighted by Gasteiger charge is 2.11. The molecule has 0 aliphatic carbocycles. The first kappa shape index (κ1) is 40.1. The Morgan fingerprint density at radius 2 is 0.959 bits per heavy atom. The van der Waals surface area contributed by atoms with E-state index < -0.39 is 0 Å². The lowest BCUT2D eigenvalue weighted by Gasteiger charge is -2.10. The number of esters is 2. The third-order valence-electron chi connectivity index (χ3n) is 6.47. The number of hydrogen-bond donors (Lipinski definition) is 1. The van der Waals surface area contributed by atoms with Gasteiger partial charge in [-0.3, -0.25) is 9.59 Å². The number of aldehydes is 1. The van der Waals surface area contributed by atoms with Gasteiger partial charge in [0.15, 0.2) is 0 Å². The van der Waals surface area contributed by atoms with Crippen molar-refractivity contribution in [3.63, 3.8) is 0 Å². The smallest absolute Gasteiger partial charge is 0.302 e. The molecule has 0 saturated heterocycles. The molecule has 0 aromatic heterocycles. The van der Waals surface area contributed by atoms with E-state index in [-0.39, 0.29) is 37.7 Å². The third-order valence-corrected chi connectivity index (χ3v) is 6.47. The number of hydrogen-bond acceptors (Lipinski definition) is 9. The Bertz CT molecular complexity index is 1380. The second kappa shape index (κ2) is 25.9. The summed E-state index contributed by atoms with van der Waals surface area (Å²) in [5.74, 6) is -0.756. The quantitative estimate of drug-likeness (QED) is 0.0602. The summed E-state index contributed by atoms with van der Waals surface area (Å²) in [6.07, 6.45) is 2.75. The first-order chi connectivity index (χ1) is 24.0. The van der Waals surface area contributed by atoms with Gasteiger partial charge in [0.1, 0.15) is 26.1 Å². The summed E-state index contributed by atoms with van der Waals surface area (Å²) in [5.41, 5.74) is 5.30. The number of rotatable bonds is 17. The zero-order valence-electron chi connectivity index (χ0n) is 28.1. The van der Waals surface area contributed by atoms with Crippen molar-refractivity contribution < 1.29 is 43.2 Å². The van der Waals surface area contributed by atoms with Crippen LogP contribution in [0.5, 0.6) is 0 Å². The Labute approximate surface area is 289 Å². The average Bonchev–Trinajstić information content (AvgIpc) is 3.13. The van der Waals surface area contributed by atoms with Gasteiger partial charge in [-0.05, 0) is 22.3 Å². The van der Waals surface area contributed by atoms with Crippen molar-refractivity contribution in [3.05, 3.63) is 150 Å². The van der Waals surface area contributed by atoms with Crippen LogP contribution in [0, 0.1) is 0 Å². The molecule has 0 aliphatic rings. The van der Waals surface area contributed by atoms with Crippen LogP contribution in [0.2, 0.25) is 0 Å². The topological polar surface area (TPSA) is 118 Å². The highest BCUT2D eigenvalue weighted by molar-refractivity contribution is 5.79. The summed E-state index contributed by atoms with van der Waals surface area (Å²) in [6, 6.07) is 39.8. The summed E-state index contributed by atoms with van der Waals surface area (Å²) >= 11 is 0. The van der Waals surface area contributed by atoms with Crippen molar-refractivity contribution in [2.75, 3.05) is 52.9 Å². The molecule has 0 heterocycles. The largest absolute Gasteiger partial charge is 0.498 e. The van der Waals surface area contributed by atoms with Crippen LogP contribution in [-0.4, -0.2) is 76.2 Å². The van der Waals surface area contributed by atoms with E-state index in [1.807, 2.05) is 97.1 Å². The fourth-order valence-corrected chi connectivity index (χ4v) is 4.22. The highest BCUT2D eigenvalue weighted by Crippen LogP contribution is 2.23. The molecule has 1 N–H and O–H groups in total. The molecule has 4 rings (SSSR count). The van der Waals surface area contributed by atoms with Gasteiger partial charge in [0.2, 0.25) is 0 Å². The Morgan fingerprint density at radius 1 is 0.571 bits per heavy atom. The van der Waals surface area contributed by atoms with Crippen molar-refractivity contribution in [2.45, 2.75) is 19.8 Å². The summed E-state index contributed by atoms with van der Waals surface area (Å²) in [4.78, 5) is 31.9. The summed E-state index contributed by atoms with van der Waals surface area (Å²) < 4.78 is 25.1. The van der Waals surface area contributed by atoms with Crippen molar-refractivity contribution in [2.24, 2.45) is 0 Å². The molecule has 4 aromatic carbocycles. The van der Waals surface area contributed by atoms with Crippen LogP contribution in [0.1, 0.15) is 42.0 Å². The molecule has 0 fully saturated rings. The van der Waals surface area contributed by atoms with E-state index in [0.717, 1.165) is 34.1 Å². The van der Waals surface area contributed by atoms with Crippen LogP contribution < -0.4 is 0 Å². The van der Waals surface area contributed by atoms with Gasteiger partial charge < -0.3 is 33.6 Å². The molecule has 0 spiro atoms. The predicted molar refractivity (Wildman–Crippen MR) is 189 cm³/mol. The average molecular weight is 671 g/mol. The van der Waals surface area contributed by atoms with Crippen molar-refractivity contribution in [1.29, 1.82) is 0 Å². The maximum Gasteiger partial charge on any atom is 0.302 e. The van der Waals surface area contributed by atoms with E-state index in [1.165, 1.54) is 13.8 Å². The van der Waals surface area contributed by atoms with Gasteiger partial charge in [0.25, 0.3) is 0 Å². The molecular formula is C40H46O9. The van der Waals surface area contributed by atoms with Crippen molar-refractivity contribution >= 4 is 23.8 Å². The summed E-state index contributed by atoms with van der Waals surface area (Å²) in [5, 5.41) is 8.24. The van der Waals surface area contributed by atoms with Crippen molar-refractivity contribution in [1.82, 2.24) is 0 Å². The molecule has 260 valence electrons. The highest BCUT2D eigenvalue weighted by atomic mass is 16.6. The van der Waals surface area contributed by atoms with Gasteiger partial charge in [0.05, 0.1) is 45.2 Å². The molecule has 0 bridgehead atoms. The minimum absolute atomic E-state index is 0.0000709. The lowest BCUT2D eigenvalue weighted by Crippen LogP contribution is -2.10. The van der Waals surface area contributed by atoms with Gasteiger partial charge in [-0.2, -0.15) is 0 Å². The van der Waals surface area contributed by atoms with Gasteiger partial charge in [-0.15, -0.1) is 0 Å².